The van der Waals surface area contributed by atoms with Gasteiger partial charge in [0, 0.05) is 17.9 Å². The summed E-state index contributed by atoms with van der Waals surface area (Å²) in [6.07, 6.45) is 3.70. The van der Waals surface area contributed by atoms with Crippen LogP contribution in [0.5, 0.6) is 0 Å². The Kier molecular flexibility index (Phi) is 3.85. The predicted molar refractivity (Wildman–Crippen MR) is 75.8 cm³/mol. The molecular formula is C14H18N4O. The molecule has 0 aromatic carbocycles. The van der Waals surface area contributed by atoms with Gasteiger partial charge in [-0.3, -0.25) is 9.69 Å². The second-order valence-electron chi connectivity index (χ2n) is 4.68. The number of carbonyl (C=O) groups is 1. The van der Waals surface area contributed by atoms with Crippen molar-refractivity contribution in [3.05, 3.63) is 42.4 Å². The molecule has 0 aliphatic heterocycles. The molecule has 1 amide bonds. The van der Waals surface area contributed by atoms with E-state index in [1.165, 1.54) is 0 Å². The molecule has 0 bridgehead atoms. The van der Waals surface area contributed by atoms with E-state index in [1.807, 2.05) is 32.2 Å². The number of amides is 1. The molecule has 0 saturated carbocycles. The summed E-state index contributed by atoms with van der Waals surface area (Å²) < 4.78 is 0. The van der Waals surface area contributed by atoms with Gasteiger partial charge in [-0.2, -0.15) is 0 Å². The number of carbonyl (C=O) groups excluding carboxylic acids is 1. The maximum atomic E-state index is 12.4. The van der Waals surface area contributed by atoms with Crippen LogP contribution in [0.3, 0.4) is 0 Å². The molecule has 0 spiro atoms. The van der Waals surface area contributed by atoms with E-state index in [4.69, 9.17) is 5.73 Å². The number of nitrogens with one attached hydrogen (secondary N) is 1. The van der Waals surface area contributed by atoms with Gasteiger partial charge in [-0.15, -0.1) is 0 Å². The topological polar surface area (TPSA) is 75.0 Å². The quantitative estimate of drug-likeness (QED) is 0.880. The zero-order valence-corrected chi connectivity index (χ0v) is 11.1. The highest BCUT2D eigenvalue weighted by atomic mass is 16.2. The molecule has 0 saturated heterocycles. The van der Waals surface area contributed by atoms with E-state index in [-0.39, 0.29) is 11.9 Å². The summed E-state index contributed by atoms with van der Waals surface area (Å²) in [5.41, 5.74) is 7.10. The second-order valence-corrected chi connectivity index (χ2v) is 4.68. The highest BCUT2D eigenvalue weighted by Gasteiger charge is 2.20. The Morgan fingerprint density at radius 2 is 2.21 bits per heavy atom. The van der Waals surface area contributed by atoms with Crippen LogP contribution in [0.2, 0.25) is 0 Å². The largest absolute Gasteiger partial charge is 0.397 e. The molecule has 5 heteroatoms. The fraction of sp³-hybridized carbons (Fsp3) is 0.286. The summed E-state index contributed by atoms with van der Waals surface area (Å²) in [5.74, 6) is 0.635. The lowest BCUT2D eigenvalue weighted by Gasteiger charge is -2.25. The number of pyridine rings is 1. The van der Waals surface area contributed by atoms with Crippen molar-refractivity contribution in [3.8, 4) is 0 Å². The van der Waals surface area contributed by atoms with E-state index in [0.717, 1.165) is 5.69 Å². The van der Waals surface area contributed by atoms with E-state index in [2.05, 4.69) is 9.97 Å². The molecule has 0 fully saturated rings. The number of aromatic amines is 1. The fourth-order valence-electron chi connectivity index (χ4n) is 1.95. The van der Waals surface area contributed by atoms with Gasteiger partial charge in [-0.05, 0) is 38.1 Å². The van der Waals surface area contributed by atoms with Crippen LogP contribution in [-0.4, -0.2) is 21.9 Å². The van der Waals surface area contributed by atoms with Gasteiger partial charge < -0.3 is 10.7 Å². The number of nitrogens with zero attached hydrogens (tertiary/aromatic N) is 2. The Balaban J connectivity index is 2.20. The number of anilines is 2. The van der Waals surface area contributed by atoms with Gasteiger partial charge in [-0.25, -0.2) is 4.98 Å². The standard InChI is InChI=1S/C14H18N4O/c1-10(2)18(13-6-5-11(15)9-17-13)14(19)8-12-4-3-7-16-12/h3-7,9-10,16H,8,15H2,1-2H3. The minimum atomic E-state index is 0.00900. The third-order valence-electron chi connectivity index (χ3n) is 2.81. The Hall–Kier alpha value is -2.30. The average molecular weight is 258 g/mol. The van der Waals surface area contributed by atoms with Crippen LogP contribution in [0.15, 0.2) is 36.7 Å². The first-order chi connectivity index (χ1) is 9.08. The lowest BCUT2D eigenvalue weighted by Crippen LogP contribution is -2.38. The summed E-state index contributed by atoms with van der Waals surface area (Å²) in [4.78, 5) is 21.3. The van der Waals surface area contributed by atoms with Gasteiger partial charge in [0.1, 0.15) is 5.82 Å². The van der Waals surface area contributed by atoms with Crippen molar-refractivity contribution in [2.45, 2.75) is 26.3 Å². The van der Waals surface area contributed by atoms with Crippen LogP contribution in [0.4, 0.5) is 11.5 Å². The van der Waals surface area contributed by atoms with Crippen molar-refractivity contribution in [1.29, 1.82) is 0 Å². The van der Waals surface area contributed by atoms with Crippen LogP contribution in [0.1, 0.15) is 19.5 Å². The summed E-state index contributed by atoms with van der Waals surface area (Å²) in [5, 5.41) is 0. The summed E-state index contributed by atoms with van der Waals surface area (Å²) in [6.45, 7) is 3.93. The van der Waals surface area contributed by atoms with E-state index in [1.54, 1.807) is 23.2 Å². The molecule has 2 rings (SSSR count). The van der Waals surface area contributed by atoms with Crippen LogP contribution < -0.4 is 10.6 Å². The highest BCUT2D eigenvalue weighted by molar-refractivity contribution is 5.94. The summed E-state index contributed by atoms with van der Waals surface area (Å²) in [6, 6.07) is 7.33. The maximum absolute atomic E-state index is 12.4. The number of hydrogen-bond acceptors (Lipinski definition) is 3. The summed E-state index contributed by atoms with van der Waals surface area (Å²) >= 11 is 0. The van der Waals surface area contributed by atoms with E-state index < -0.39 is 0 Å². The molecule has 2 heterocycles. The number of aromatic nitrogens is 2. The molecular weight excluding hydrogens is 240 g/mol. The molecule has 3 N–H and O–H groups in total. The molecule has 2 aromatic rings. The van der Waals surface area contributed by atoms with Gasteiger partial charge in [0.05, 0.1) is 18.3 Å². The van der Waals surface area contributed by atoms with Crippen LogP contribution >= 0.6 is 0 Å². The van der Waals surface area contributed by atoms with Crippen molar-refractivity contribution in [2.75, 3.05) is 10.6 Å². The van der Waals surface area contributed by atoms with Gasteiger partial charge in [-0.1, -0.05) is 0 Å². The van der Waals surface area contributed by atoms with E-state index >= 15 is 0 Å². The van der Waals surface area contributed by atoms with Gasteiger partial charge in [0.25, 0.3) is 0 Å². The number of H-pyrrole nitrogens is 1. The predicted octanol–water partition coefficient (Wildman–Crippen LogP) is 1.98. The van der Waals surface area contributed by atoms with Crippen LogP contribution in [0, 0.1) is 0 Å². The minimum absolute atomic E-state index is 0.00900. The molecule has 0 atom stereocenters. The molecule has 0 aliphatic rings. The monoisotopic (exact) mass is 258 g/mol. The molecule has 0 unspecified atom stereocenters. The van der Waals surface area contributed by atoms with Crippen molar-refractivity contribution in [2.24, 2.45) is 0 Å². The van der Waals surface area contributed by atoms with Crippen molar-refractivity contribution >= 4 is 17.4 Å². The van der Waals surface area contributed by atoms with E-state index in [9.17, 15) is 4.79 Å². The Morgan fingerprint density at radius 3 is 2.74 bits per heavy atom. The highest BCUT2D eigenvalue weighted by Crippen LogP contribution is 2.16. The molecule has 2 aromatic heterocycles. The third kappa shape index (κ3) is 3.13. The molecule has 0 aliphatic carbocycles. The molecule has 5 nitrogen and oxygen atoms in total. The van der Waals surface area contributed by atoms with Crippen molar-refractivity contribution < 1.29 is 4.79 Å². The molecule has 100 valence electrons. The number of nitrogen functional groups attached to an aromatic ring is 1. The van der Waals surface area contributed by atoms with Crippen molar-refractivity contribution in [3.63, 3.8) is 0 Å². The van der Waals surface area contributed by atoms with Crippen molar-refractivity contribution in [1.82, 2.24) is 9.97 Å². The van der Waals surface area contributed by atoms with Gasteiger partial charge in [0.15, 0.2) is 0 Å². The SMILES string of the molecule is CC(C)N(C(=O)Cc1ccc[nH]1)c1ccc(N)cn1. The summed E-state index contributed by atoms with van der Waals surface area (Å²) in [7, 11) is 0. The lowest BCUT2D eigenvalue weighted by atomic mass is 10.2. The Labute approximate surface area is 112 Å². The van der Waals surface area contributed by atoms with Gasteiger partial charge >= 0.3 is 0 Å². The molecule has 0 radical (unpaired) electrons. The fourth-order valence-corrected chi connectivity index (χ4v) is 1.95. The number of hydrogen-bond donors (Lipinski definition) is 2. The molecule has 19 heavy (non-hydrogen) atoms. The smallest absolute Gasteiger partial charge is 0.234 e. The zero-order valence-electron chi connectivity index (χ0n) is 11.1. The number of rotatable bonds is 4. The average Bonchev–Trinajstić information content (AvgIpc) is 2.84. The maximum Gasteiger partial charge on any atom is 0.234 e. The van der Waals surface area contributed by atoms with Crippen LogP contribution in [0.25, 0.3) is 0 Å². The third-order valence-corrected chi connectivity index (χ3v) is 2.81. The normalized spacial score (nSPS) is 10.7. The van der Waals surface area contributed by atoms with E-state index in [0.29, 0.717) is 17.9 Å². The van der Waals surface area contributed by atoms with Crippen LogP contribution in [-0.2, 0) is 11.2 Å². The zero-order chi connectivity index (χ0) is 13.8. The minimum Gasteiger partial charge on any atom is -0.397 e. The Morgan fingerprint density at radius 1 is 1.42 bits per heavy atom. The first kappa shape index (κ1) is 13.1. The Bertz CT molecular complexity index is 531. The first-order valence-corrected chi connectivity index (χ1v) is 6.24. The van der Waals surface area contributed by atoms with Gasteiger partial charge in [0.2, 0.25) is 5.91 Å². The first-order valence-electron chi connectivity index (χ1n) is 6.24. The second kappa shape index (κ2) is 5.56. The number of nitrogens with two attached hydrogens (primary N) is 1. The lowest BCUT2D eigenvalue weighted by molar-refractivity contribution is -0.118.